The number of hydrogen-bond donors (Lipinski definition) is 1. The summed E-state index contributed by atoms with van der Waals surface area (Å²) in [6, 6.07) is 18.8. The molecule has 0 aromatic heterocycles. The number of hydrogen-bond acceptors (Lipinski definition) is 3. The summed E-state index contributed by atoms with van der Waals surface area (Å²) in [6.07, 6.45) is 1.48. The Hall–Kier alpha value is -2.47. The lowest BCUT2D eigenvalue weighted by Crippen LogP contribution is -2.13. The molecule has 1 N–H and O–H groups in total. The summed E-state index contributed by atoms with van der Waals surface area (Å²) in [4.78, 5) is 12.5. The van der Waals surface area contributed by atoms with E-state index in [0.29, 0.717) is 31.5 Å². The molecule has 0 saturated carbocycles. The second-order valence-electron chi connectivity index (χ2n) is 6.33. The van der Waals surface area contributed by atoms with Gasteiger partial charge in [-0.3, -0.25) is 4.79 Å². The molecule has 0 aliphatic heterocycles. The molecule has 31 heavy (non-hydrogen) atoms. The topological polar surface area (TPSA) is 62.1 Å². The first-order valence-electron chi connectivity index (χ1n) is 8.91. The maximum absolute atomic E-state index is 13.8. The Morgan fingerprint density at radius 3 is 2.42 bits per heavy atom. The van der Waals surface area contributed by atoms with Crippen LogP contribution in [0.3, 0.4) is 0 Å². The minimum atomic E-state index is -0.521. The van der Waals surface area contributed by atoms with Crippen LogP contribution in [0.25, 0.3) is 6.08 Å². The van der Waals surface area contributed by atoms with Gasteiger partial charge in [0.25, 0.3) is 5.91 Å². The predicted molar refractivity (Wildman–Crippen MR) is 129 cm³/mol. The molecule has 0 fully saturated rings. The summed E-state index contributed by atoms with van der Waals surface area (Å²) in [7, 11) is 0. The summed E-state index contributed by atoms with van der Waals surface area (Å²) in [5, 5.41) is 12.1. The average Bonchev–Trinajstić information content (AvgIpc) is 2.72. The van der Waals surface area contributed by atoms with Crippen molar-refractivity contribution in [3.8, 4) is 11.8 Å². The number of nitrogens with one attached hydrogen (secondary N) is 1. The van der Waals surface area contributed by atoms with Crippen LogP contribution in [0.2, 0.25) is 0 Å². The van der Waals surface area contributed by atoms with Crippen molar-refractivity contribution in [1.82, 2.24) is 0 Å². The van der Waals surface area contributed by atoms with Crippen LogP contribution in [-0.2, 0) is 11.4 Å². The molecule has 1 amide bonds. The molecule has 0 radical (unpaired) electrons. The summed E-state index contributed by atoms with van der Waals surface area (Å²) >= 11 is 10.2. The highest BCUT2D eigenvalue weighted by molar-refractivity contribution is 9.11. The second kappa shape index (κ2) is 10.7. The van der Waals surface area contributed by atoms with Gasteiger partial charge in [0.05, 0.1) is 8.95 Å². The second-order valence-corrected chi connectivity index (χ2v) is 8.95. The minimum absolute atomic E-state index is 0.0531. The minimum Gasteiger partial charge on any atom is -0.486 e. The van der Waals surface area contributed by atoms with Gasteiger partial charge < -0.3 is 10.1 Å². The zero-order valence-corrected chi connectivity index (χ0v) is 20.6. The molecule has 0 spiro atoms. The fraction of sp³-hybridized carbons (Fsp3) is 0.0435. The Bertz CT molecular complexity index is 1180. The van der Waals surface area contributed by atoms with Crippen LogP contribution in [0.1, 0.15) is 11.1 Å². The lowest BCUT2D eigenvalue weighted by Gasteiger charge is -2.12. The third-order valence-corrected chi connectivity index (χ3v) is 5.78. The SMILES string of the molecule is N#C/C(=C/c1cc(Br)c(OCc2ccccc2F)c(Br)c1)C(=O)Nc1cccc(Br)c1. The molecular formula is C23H14Br3FN2O2. The lowest BCUT2D eigenvalue weighted by molar-refractivity contribution is -0.112. The molecule has 156 valence electrons. The van der Waals surface area contributed by atoms with Crippen LogP contribution < -0.4 is 10.1 Å². The smallest absolute Gasteiger partial charge is 0.266 e. The number of anilines is 1. The van der Waals surface area contributed by atoms with Gasteiger partial charge in [0.1, 0.15) is 29.8 Å². The Morgan fingerprint density at radius 1 is 1.06 bits per heavy atom. The van der Waals surface area contributed by atoms with E-state index in [2.05, 4.69) is 53.1 Å². The first-order valence-corrected chi connectivity index (χ1v) is 11.3. The summed E-state index contributed by atoms with van der Waals surface area (Å²) in [5.41, 5.74) is 1.55. The molecule has 0 saturated heterocycles. The van der Waals surface area contributed by atoms with Crippen molar-refractivity contribution in [3.63, 3.8) is 0 Å². The molecule has 0 aliphatic carbocycles. The number of carbonyl (C=O) groups excluding carboxylic acids is 1. The van der Waals surface area contributed by atoms with Crippen LogP contribution in [0.5, 0.6) is 5.75 Å². The zero-order valence-electron chi connectivity index (χ0n) is 15.8. The summed E-state index contributed by atoms with van der Waals surface area (Å²) < 4.78 is 21.6. The van der Waals surface area contributed by atoms with E-state index < -0.39 is 5.91 Å². The first kappa shape index (κ1) is 23.2. The van der Waals surface area contributed by atoms with E-state index in [9.17, 15) is 14.4 Å². The fourth-order valence-corrected chi connectivity index (χ4v) is 4.50. The Morgan fingerprint density at radius 2 is 1.77 bits per heavy atom. The monoisotopic (exact) mass is 606 g/mol. The highest BCUT2D eigenvalue weighted by Gasteiger charge is 2.13. The normalized spacial score (nSPS) is 11.0. The summed E-state index contributed by atoms with van der Waals surface area (Å²) in [5.74, 6) is -0.380. The van der Waals surface area contributed by atoms with Crippen LogP contribution in [0, 0.1) is 17.1 Å². The number of halogens is 4. The maximum Gasteiger partial charge on any atom is 0.266 e. The largest absolute Gasteiger partial charge is 0.486 e. The van der Waals surface area contributed by atoms with Gasteiger partial charge in [0, 0.05) is 15.7 Å². The van der Waals surface area contributed by atoms with E-state index in [1.54, 1.807) is 48.5 Å². The quantitative estimate of drug-likeness (QED) is 0.237. The van der Waals surface area contributed by atoms with Crippen molar-refractivity contribution in [2.75, 3.05) is 5.32 Å². The number of nitriles is 1. The average molecular weight is 609 g/mol. The maximum atomic E-state index is 13.8. The van der Waals surface area contributed by atoms with Gasteiger partial charge in [0.2, 0.25) is 0 Å². The van der Waals surface area contributed by atoms with Crippen molar-refractivity contribution < 1.29 is 13.9 Å². The number of carbonyl (C=O) groups is 1. The van der Waals surface area contributed by atoms with E-state index in [-0.39, 0.29) is 18.0 Å². The molecule has 3 aromatic rings. The Labute approximate surface area is 204 Å². The lowest BCUT2D eigenvalue weighted by atomic mass is 10.1. The van der Waals surface area contributed by atoms with Crippen LogP contribution in [0.4, 0.5) is 10.1 Å². The number of rotatable bonds is 6. The molecule has 0 atom stereocenters. The molecule has 4 nitrogen and oxygen atoms in total. The zero-order chi connectivity index (χ0) is 22.4. The van der Waals surface area contributed by atoms with Crippen LogP contribution in [-0.4, -0.2) is 5.91 Å². The summed E-state index contributed by atoms with van der Waals surface area (Å²) in [6.45, 7) is 0.0531. The van der Waals surface area contributed by atoms with Gasteiger partial charge in [-0.1, -0.05) is 40.2 Å². The van der Waals surface area contributed by atoms with Gasteiger partial charge in [0.15, 0.2) is 0 Å². The Balaban J connectivity index is 1.78. The van der Waals surface area contributed by atoms with Crippen molar-refractivity contribution in [3.05, 3.63) is 96.6 Å². The fourth-order valence-electron chi connectivity index (χ4n) is 2.65. The Kier molecular flexibility index (Phi) is 8.02. The standard InChI is InChI=1S/C23H14Br3FN2O2/c24-17-5-3-6-18(11-17)29-23(30)16(12-28)8-14-9-19(25)22(20(26)10-14)31-13-15-4-1-2-7-21(15)27/h1-11H,13H2,(H,29,30)/b16-8-. The van der Waals surface area contributed by atoms with Gasteiger partial charge in [-0.2, -0.15) is 5.26 Å². The van der Waals surface area contributed by atoms with Crippen LogP contribution in [0.15, 0.2) is 79.7 Å². The van der Waals surface area contributed by atoms with Crippen molar-refractivity contribution >= 4 is 65.5 Å². The van der Waals surface area contributed by atoms with E-state index >= 15 is 0 Å². The third-order valence-electron chi connectivity index (χ3n) is 4.11. The highest BCUT2D eigenvalue weighted by atomic mass is 79.9. The van der Waals surface area contributed by atoms with Gasteiger partial charge >= 0.3 is 0 Å². The van der Waals surface area contributed by atoms with Crippen LogP contribution >= 0.6 is 47.8 Å². The molecule has 0 bridgehead atoms. The van der Waals surface area contributed by atoms with Gasteiger partial charge in [-0.15, -0.1) is 0 Å². The molecule has 3 aromatic carbocycles. The number of amides is 1. The number of ether oxygens (including phenoxy) is 1. The molecule has 8 heteroatoms. The van der Waals surface area contributed by atoms with Crippen molar-refractivity contribution in [2.24, 2.45) is 0 Å². The van der Waals surface area contributed by atoms with E-state index in [4.69, 9.17) is 4.74 Å². The van der Waals surface area contributed by atoms with Gasteiger partial charge in [-0.05, 0) is 79.9 Å². The van der Waals surface area contributed by atoms with Crippen molar-refractivity contribution in [1.29, 1.82) is 5.26 Å². The highest BCUT2D eigenvalue weighted by Crippen LogP contribution is 2.36. The molecule has 0 aliphatic rings. The molecule has 0 unspecified atom stereocenters. The van der Waals surface area contributed by atoms with E-state index in [1.807, 2.05) is 12.1 Å². The predicted octanol–water partition coefficient (Wildman–Crippen LogP) is 7.24. The first-order chi connectivity index (χ1) is 14.9. The molecule has 3 rings (SSSR count). The van der Waals surface area contributed by atoms with E-state index in [1.165, 1.54) is 12.1 Å². The number of benzene rings is 3. The molecular weight excluding hydrogens is 595 g/mol. The number of nitrogens with zero attached hydrogens (tertiary/aromatic N) is 1. The molecule has 0 heterocycles. The van der Waals surface area contributed by atoms with E-state index in [0.717, 1.165) is 4.47 Å². The van der Waals surface area contributed by atoms with Crippen molar-refractivity contribution in [2.45, 2.75) is 6.61 Å². The third kappa shape index (κ3) is 6.26. The van der Waals surface area contributed by atoms with Gasteiger partial charge in [-0.25, -0.2) is 4.39 Å².